The third kappa shape index (κ3) is 1.90. The van der Waals surface area contributed by atoms with Crippen LogP contribution in [-0.2, 0) is 0 Å². The van der Waals surface area contributed by atoms with Crippen molar-refractivity contribution < 1.29 is 0 Å². The molecule has 0 spiro atoms. The molecule has 0 saturated heterocycles. The van der Waals surface area contributed by atoms with E-state index in [1.54, 1.807) is 0 Å². The first-order chi connectivity index (χ1) is 6.36. The first-order valence-corrected chi connectivity index (χ1v) is 6.06. The quantitative estimate of drug-likeness (QED) is 0.712. The maximum Gasteiger partial charge on any atom is -0.00460 e. The average molecular weight is 181 g/mol. The van der Waals surface area contributed by atoms with Gasteiger partial charge in [0.05, 0.1) is 0 Å². The minimum atomic E-state index is 0.900. The van der Waals surface area contributed by atoms with Gasteiger partial charge in [-0.1, -0.05) is 32.6 Å². The van der Waals surface area contributed by atoms with Crippen LogP contribution in [0.25, 0.3) is 0 Å². The second-order valence-electron chi connectivity index (χ2n) is 5.01. The van der Waals surface area contributed by atoms with Crippen molar-refractivity contribution in [2.75, 3.05) is 6.54 Å². The summed E-state index contributed by atoms with van der Waals surface area (Å²) in [5.74, 6) is 4.01. The van der Waals surface area contributed by atoms with Gasteiger partial charge >= 0.3 is 0 Å². The second-order valence-corrected chi connectivity index (χ2v) is 5.01. The standard InChI is InChI=1S/C12H23N/c1-2-9-5-3-4-6-11(9)12-7-10(12)8-13/h9-12H,2-8,13H2,1H3. The summed E-state index contributed by atoms with van der Waals surface area (Å²) in [6.07, 6.45) is 8.80. The third-order valence-electron chi connectivity index (χ3n) is 4.32. The van der Waals surface area contributed by atoms with E-state index in [4.69, 9.17) is 5.73 Å². The molecule has 0 aromatic carbocycles. The van der Waals surface area contributed by atoms with E-state index in [0.717, 1.165) is 30.2 Å². The van der Waals surface area contributed by atoms with E-state index in [9.17, 15) is 0 Å². The molecule has 0 amide bonds. The zero-order valence-corrected chi connectivity index (χ0v) is 8.84. The Morgan fingerprint density at radius 1 is 1.08 bits per heavy atom. The lowest BCUT2D eigenvalue weighted by Crippen LogP contribution is -2.22. The Kier molecular flexibility index (Phi) is 2.92. The SMILES string of the molecule is CCC1CCCCC1C1CC1CN. The molecule has 4 atom stereocenters. The molecule has 2 rings (SSSR count). The van der Waals surface area contributed by atoms with Crippen LogP contribution in [0.5, 0.6) is 0 Å². The maximum atomic E-state index is 5.72. The Balaban J connectivity index is 1.88. The van der Waals surface area contributed by atoms with E-state index in [2.05, 4.69) is 6.92 Å². The van der Waals surface area contributed by atoms with Crippen molar-refractivity contribution in [2.24, 2.45) is 29.4 Å². The molecule has 0 aromatic heterocycles. The summed E-state index contributed by atoms with van der Waals surface area (Å²) in [7, 11) is 0. The van der Waals surface area contributed by atoms with E-state index in [1.807, 2.05) is 0 Å². The van der Waals surface area contributed by atoms with Gasteiger partial charge in [-0.25, -0.2) is 0 Å². The molecule has 0 aliphatic heterocycles. The Hall–Kier alpha value is -0.0400. The number of hydrogen-bond acceptors (Lipinski definition) is 1. The Morgan fingerprint density at radius 2 is 1.85 bits per heavy atom. The van der Waals surface area contributed by atoms with Crippen LogP contribution in [0.2, 0.25) is 0 Å². The van der Waals surface area contributed by atoms with Crippen LogP contribution >= 0.6 is 0 Å². The first kappa shape index (κ1) is 9.51. The minimum Gasteiger partial charge on any atom is -0.330 e. The Bertz CT molecular complexity index is 167. The molecule has 2 aliphatic rings. The molecule has 2 aliphatic carbocycles. The summed E-state index contributed by atoms with van der Waals surface area (Å²) in [6.45, 7) is 3.31. The normalized spacial score (nSPS) is 44.8. The van der Waals surface area contributed by atoms with Crippen LogP contribution in [0.3, 0.4) is 0 Å². The predicted octanol–water partition coefficient (Wildman–Crippen LogP) is 2.80. The van der Waals surface area contributed by atoms with Gasteiger partial charge in [-0.3, -0.25) is 0 Å². The lowest BCUT2D eigenvalue weighted by molar-refractivity contribution is 0.197. The van der Waals surface area contributed by atoms with Crippen molar-refractivity contribution in [3.63, 3.8) is 0 Å². The summed E-state index contributed by atoms with van der Waals surface area (Å²) in [6, 6.07) is 0. The van der Waals surface area contributed by atoms with Gasteiger partial charge in [0.25, 0.3) is 0 Å². The van der Waals surface area contributed by atoms with Crippen molar-refractivity contribution in [1.29, 1.82) is 0 Å². The summed E-state index contributed by atoms with van der Waals surface area (Å²) < 4.78 is 0. The lowest BCUT2D eigenvalue weighted by Gasteiger charge is -2.31. The second kappa shape index (κ2) is 4.00. The van der Waals surface area contributed by atoms with Gasteiger partial charge in [0.2, 0.25) is 0 Å². The van der Waals surface area contributed by atoms with Crippen LogP contribution < -0.4 is 5.73 Å². The highest BCUT2D eigenvalue weighted by atomic mass is 14.6. The molecule has 2 saturated carbocycles. The van der Waals surface area contributed by atoms with Crippen LogP contribution in [-0.4, -0.2) is 6.54 Å². The highest BCUT2D eigenvalue weighted by molar-refractivity contribution is 4.95. The monoisotopic (exact) mass is 181 g/mol. The van der Waals surface area contributed by atoms with Crippen molar-refractivity contribution in [1.82, 2.24) is 0 Å². The number of nitrogens with two attached hydrogens (primary N) is 1. The summed E-state index contributed by atoms with van der Waals surface area (Å²) in [5, 5.41) is 0. The molecule has 1 heteroatoms. The topological polar surface area (TPSA) is 26.0 Å². The van der Waals surface area contributed by atoms with Crippen molar-refractivity contribution in [2.45, 2.75) is 45.4 Å². The zero-order valence-electron chi connectivity index (χ0n) is 8.84. The van der Waals surface area contributed by atoms with E-state index in [1.165, 1.54) is 38.5 Å². The van der Waals surface area contributed by atoms with Crippen LogP contribution in [0.15, 0.2) is 0 Å². The largest absolute Gasteiger partial charge is 0.330 e. The van der Waals surface area contributed by atoms with Crippen molar-refractivity contribution >= 4 is 0 Å². The van der Waals surface area contributed by atoms with E-state index < -0.39 is 0 Å². The van der Waals surface area contributed by atoms with Gasteiger partial charge in [0, 0.05) is 0 Å². The van der Waals surface area contributed by atoms with Crippen LogP contribution in [0, 0.1) is 23.7 Å². The predicted molar refractivity (Wildman–Crippen MR) is 56.4 cm³/mol. The fourth-order valence-corrected chi connectivity index (χ4v) is 3.37. The van der Waals surface area contributed by atoms with Crippen LogP contribution in [0.1, 0.15) is 45.4 Å². The summed E-state index contributed by atoms with van der Waals surface area (Å²) in [5.41, 5.74) is 5.72. The molecule has 0 aromatic rings. The van der Waals surface area contributed by atoms with Crippen LogP contribution in [0.4, 0.5) is 0 Å². The molecule has 2 N–H and O–H groups in total. The van der Waals surface area contributed by atoms with Gasteiger partial charge in [0.1, 0.15) is 0 Å². The number of hydrogen-bond donors (Lipinski definition) is 1. The summed E-state index contributed by atoms with van der Waals surface area (Å²) >= 11 is 0. The molecule has 13 heavy (non-hydrogen) atoms. The number of rotatable bonds is 3. The highest BCUT2D eigenvalue weighted by Gasteiger charge is 2.44. The molecule has 76 valence electrons. The van der Waals surface area contributed by atoms with Crippen molar-refractivity contribution in [3.8, 4) is 0 Å². The minimum absolute atomic E-state index is 0.900. The van der Waals surface area contributed by atoms with Crippen molar-refractivity contribution in [3.05, 3.63) is 0 Å². The Labute approximate surface area is 82.1 Å². The van der Waals surface area contributed by atoms with Gasteiger partial charge in [-0.2, -0.15) is 0 Å². The Morgan fingerprint density at radius 3 is 2.46 bits per heavy atom. The fourth-order valence-electron chi connectivity index (χ4n) is 3.37. The molecule has 0 radical (unpaired) electrons. The maximum absolute atomic E-state index is 5.72. The zero-order chi connectivity index (χ0) is 9.26. The van der Waals surface area contributed by atoms with E-state index in [-0.39, 0.29) is 0 Å². The van der Waals surface area contributed by atoms with E-state index in [0.29, 0.717) is 0 Å². The molecule has 0 heterocycles. The lowest BCUT2D eigenvalue weighted by atomic mass is 9.75. The first-order valence-electron chi connectivity index (χ1n) is 6.06. The third-order valence-corrected chi connectivity index (χ3v) is 4.32. The molecular formula is C12H23N. The van der Waals surface area contributed by atoms with Gasteiger partial charge in [-0.15, -0.1) is 0 Å². The molecule has 4 unspecified atom stereocenters. The fraction of sp³-hybridized carbons (Fsp3) is 1.00. The van der Waals surface area contributed by atoms with Gasteiger partial charge in [-0.05, 0) is 43.1 Å². The highest BCUT2D eigenvalue weighted by Crippen LogP contribution is 2.51. The summed E-state index contributed by atoms with van der Waals surface area (Å²) in [4.78, 5) is 0. The molecule has 0 bridgehead atoms. The molecule has 1 nitrogen and oxygen atoms in total. The molecular weight excluding hydrogens is 158 g/mol. The van der Waals surface area contributed by atoms with Gasteiger partial charge < -0.3 is 5.73 Å². The molecule has 2 fully saturated rings. The smallest absolute Gasteiger partial charge is 0.00460 e. The average Bonchev–Trinajstić information content (AvgIpc) is 2.96. The van der Waals surface area contributed by atoms with E-state index >= 15 is 0 Å². The van der Waals surface area contributed by atoms with Gasteiger partial charge in [0.15, 0.2) is 0 Å².